The topological polar surface area (TPSA) is 51.3 Å². The van der Waals surface area contributed by atoms with E-state index in [1.165, 1.54) is 16.9 Å². The average molecular weight is 452 g/mol. The molecule has 2 saturated heterocycles. The van der Waals surface area contributed by atoms with Gasteiger partial charge in [-0.3, -0.25) is 9.69 Å². The molecule has 2 aromatic rings. The van der Waals surface area contributed by atoms with Crippen molar-refractivity contribution in [1.29, 1.82) is 0 Å². The number of carbonyl (C=O) groups is 1. The molecule has 7 nitrogen and oxygen atoms in total. The van der Waals surface area contributed by atoms with Gasteiger partial charge in [-0.25, -0.2) is 0 Å². The third-order valence-electron chi connectivity index (χ3n) is 6.51. The van der Waals surface area contributed by atoms with E-state index in [2.05, 4.69) is 63.3 Å². The van der Waals surface area contributed by atoms with Crippen molar-refractivity contribution in [2.45, 2.75) is 13.5 Å². The number of anilines is 3. The zero-order chi connectivity index (χ0) is 23.0. The number of morpholine rings is 1. The normalized spacial score (nSPS) is 17.4. The number of piperazine rings is 1. The number of benzene rings is 2. The van der Waals surface area contributed by atoms with E-state index in [0.717, 1.165) is 71.3 Å². The van der Waals surface area contributed by atoms with Crippen LogP contribution in [0.4, 0.5) is 17.1 Å². The highest BCUT2D eigenvalue weighted by atomic mass is 16.5. The van der Waals surface area contributed by atoms with Crippen LogP contribution >= 0.6 is 0 Å². The molecule has 0 saturated carbocycles. The molecule has 0 bridgehead atoms. The fraction of sp³-hybridized carbons (Fsp3) is 0.500. The van der Waals surface area contributed by atoms with Gasteiger partial charge >= 0.3 is 0 Å². The maximum absolute atomic E-state index is 12.5. The highest BCUT2D eigenvalue weighted by Crippen LogP contribution is 2.20. The number of carbonyl (C=O) groups excluding carboxylic acids is 1. The number of nitrogens with zero attached hydrogens (tertiary/aromatic N) is 4. The fourth-order valence-corrected chi connectivity index (χ4v) is 4.52. The predicted molar refractivity (Wildman–Crippen MR) is 135 cm³/mol. The Morgan fingerprint density at radius 1 is 0.879 bits per heavy atom. The zero-order valence-corrected chi connectivity index (χ0v) is 20.0. The number of hydrogen-bond acceptors (Lipinski definition) is 6. The van der Waals surface area contributed by atoms with E-state index in [1.54, 1.807) is 0 Å². The second kappa shape index (κ2) is 11.5. The molecule has 2 aromatic carbocycles. The first kappa shape index (κ1) is 23.5. The molecule has 0 aliphatic carbocycles. The van der Waals surface area contributed by atoms with Crippen molar-refractivity contribution in [1.82, 2.24) is 9.80 Å². The van der Waals surface area contributed by atoms with E-state index in [1.807, 2.05) is 24.1 Å². The van der Waals surface area contributed by atoms with Gasteiger partial charge in [0.2, 0.25) is 5.91 Å². The molecule has 2 aliphatic heterocycles. The van der Waals surface area contributed by atoms with Crippen molar-refractivity contribution in [3.05, 3.63) is 54.1 Å². The summed E-state index contributed by atoms with van der Waals surface area (Å²) in [5, 5.41) is 3.03. The van der Waals surface area contributed by atoms with Crippen molar-refractivity contribution in [3.8, 4) is 0 Å². The Bertz CT molecular complexity index is 873. The van der Waals surface area contributed by atoms with Gasteiger partial charge in [-0.15, -0.1) is 0 Å². The van der Waals surface area contributed by atoms with Crippen LogP contribution in [0.15, 0.2) is 48.5 Å². The van der Waals surface area contributed by atoms with Crippen LogP contribution in [-0.2, 0) is 16.1 Å². The van der Waals surface area contributed by atoms with Crippen LogP contribution in [0.25, 0.3) is 0 Å². The van der Waals surface area contributed by atoms with Gasteiger partial charge in [-0.1, -0.05) is 19.1 Å². The summed E-state index contributed by atoms with van der Waals surface area (Å²) >= 11 is 0. The Morgan fingerprint density at radius 2 is 1.45 bits per heavy atom. The quantitative estimate of drug-likeness (QED) is 0.666. The van der Waals surface area contributed by atoms with Crippen LogP contribution in [0.2, 0.25) is 0 Å². The molecule has 7 heteroatoms. The van der Waals surface area contributed by atoms with E-state index in [0.29, 0.717) is 6.54 Å². The van der Waals surface area contributed by atoms with Crippen molar-refractivity contribution in [2.24, 2.45) is 0 Å². The molecule has 2 heterocycles. The Morgan fingerprint density at radius 3 is 2.06 bits per heavy atom. The standard InChI is InChI=1S/C26H37N5O2/c1-3-29-12-14-30(15-13-29)25-10-6-23(7-11-25)27-26(32)21-28(2)20-22-4-8-24(9-5-22)31-16-18-33-19-17-31/h4-11H,3,12-21H2,1-2H3,(H,27,32). The van der Waals surface area contributed by atoms with Gasteiger partial charge in [0.1, 0.15) is 0 Å². The number of rotatable bonds is 8. The lowest BCUT2D eigenvalue weighted by Crippen LogP contribution is -2.46. The predicted octanol–water partition coefficient (Wildman–Crippen LogP) is 2.74. The summed E-state index contributed by atoms with van der Waals surface area (Å²) in [6.07, 6.45) is 0. The lowest BCUT2D eigenvalue weighted by Gasteiger charge is -2.35. The summed E-state index contributed by atoms with van der Waals surface area (Å²) in [5.74, 6) is 0.00625. The van der Waals surface area contributed by atoms with Crippen LogP contribution in [0.3, 0.4) is 0 Å². The third-order valence-corrected chi connectivity index (χ3v) is 6.51. The van der Waals surface area contributed by atoms with Crippen LogP contribution in [0.1, 0.15) is 12.5 Å². The van der Waals surface area contributed by atoms with Gasteiger partial charge in [0, 0.05) is 62.9 Å². The summed E-state index contributed by atoms with van der Waals surface area (Å²) in [5.41, 5.74) is 4.51. The zero-order valence-electron chi connectivity index (χ0n) is 20.0. The highest BCUT2D eigenvalue weighted by molar-refractivity contribution is 5.92. The van der Waals surface area contributed by atoms with E-state index in [-0.39, 0.29) is 5.91 Å². The fourth-order valence-electron chi connectivity index (χ4n) is 4.52. The summed E-state index contributed by atoms with van der Waals surface area (Å²) in [4.78, 5) is 21.8. The number of amides is 1. The van der Waals surface area contributed by atoms with E-state index in [4.69, 9.17) is 4.74 Å². The number of likely N-dealkylation sites (N-methyl/N-ethyl adjacent to an activating group) is 2. The van der Waals surface area contributed by atoms with Crippen LogP contribution in [0, 0.1) is 0 Å². The number of nitrogens with one attached hydrogen (secondary N) is 1. The molecule has 0 aromatic heterocycles. The minimum Gasteiger partial charge on any atom is -0.378 e. The first-order chi connectivity index (χ1) is 16.1. The van der Waals surface area contributed by atoms with E-state index < -0.39 is 0 Å². The SMILES string of the molecule is CCN1CCN(c2ccc(NC(=O)CN(C)Cc3ccc(N4CCOCC4)cc3)cc2)CC1. The lowest BCUT2D eigenvalue weighted by atomic mass is 10.1. The minimum absolute atomic E-state index is 0.00625. The van der Waals surface area contributed by atoms with Crippen molar-refractivity contribution < 1.29 is 9.53 Å². The van der Waals surface area contributed by atoms with Gasteiger partial charge in [0.25, 0.3) is 0 Å². The smallest absolute Gasteiger partial charge is 0.238 e. The maximum Gasteiger partial charge on any atom is 0.238 e. The second-order valence-corrected chi connectivity index (χ2v) is 8.95. The van der Waals surface area contributed by atoms with Gasteiger partial charge in [-0.05, 0) is 55.6 Å². The van der Waals surface area contributed by atoms with Crippen molar-refractivity contribution >= 4 is 23.0 Å². The first-order valence-electron chi connectivity index (χ1n) is 12.1. The van der Waals surface area contributed by atoms with Gasteiger partial charge in [-0.2, -0.15) is 0 Å². The van der Waals surface area contributed by atoms with Gasteiger partial charge in [0.05, 0.1) is 19.8 Å². The molecule has 1 amide bonds. The van der Waals surface area contributed by atoms with Crippen LogP contribution in [-0.4, -0.2) is 88.3 Å². The molecule has 2 aliphatic rings. The van der Waals surface area contributed by atoms with Crippen molar-refractivity contribution in [3.63, 3.8) is 0 Å². The van der Waals surface area contributed by atoms with Gasteiger partial charge < -0.3 is 24.8 Å². The first-order valence-corrected chi connectivity index (χ1v) is 12.1. The number of ether oxygens (including phenoxy) is 1. The molecule has 0 unspecified atom stereocenters. The molecule has 33 heavy (non-hydrogen) atoms. The van der Waals surface area contributed by atoms with Gasteiger partial charge in [0.15, 0.2) is 0 Å². The number of hydrogen-bond donors (Lipinski definition) is 1. The Kier molecular flexibility index (Phi) is 8.20. The lowest BCUT2D eigenvalue weighted by molar-refractivity contribution is -0.117. The molecular formula is C26H37N5O2. The Labute approximate surface area is 197 Å². The summed E-state index contributed by atoms with van der Waals surface area (Å²) < 4.78 is 5.43. The van der Waals surface area contributed by atoms with Crippen molar-refractivity contribution in [2.75, 3.05) is 87.7 Å². The third kappa shape index (κ3) is 6.69. The molecule has 0 atom stereocenters. The van der Waals surface area contributed by atoms with Crippen LogP contribution < -0.4 is 15.1 Å². The minimum atomic E-state index is 0.00625. The second-order valence-electron chi connectivity index (χ2n) is 8.95. The highest BCUT2D eigenvalue weighted by Gasteiger charge is 2.16. The summed E-state index contributed by atoms with van der Waals surface area (Å²) in [6.45, 7) is 12.2. The molecule has 2 fully saturated rings. The summed E-state index contributed by atoms with van der Waals surface area (Å²) in [6, 6.07) is 16.9. The monoisotopic (exact) mass is 451 g/mol. The van der Waals surface area contributed by atoms with E-state index >= 15 is 0 Å². The molecule has 178 valence electrons. The molecule has 1 N–H and O–H groups in total. The Hall–Kier alpha value is -2.61. The molecule has 0 spiro atoms. The molecule has 4 rings (SSSR count). The van der Waals surface area contributed by atoms with Crippen LogP contribution in [0.5, 0.6) is 0 Å². The maximum atomic E-state index is 12.5. The average Bonchev–Trinajstić information content (AvgIpc) is 2.85. The Balaban J connectivity index is 1.22. The van der Waals surface area contributed by atoms with E-state index in [9.17, 15) is 4.79 Å². The summed E-state index contributed by atoms with van der Waals surface area (Å²) in [7, 11) is 1.98. The largest absolute Gasteiger partial charge is 0.378 e. The molecule has 0 radical (unpaired) electrons. The molecular weight excluding hydrogens is 414 g/mol.